The summed E-state index contributed by atoms with van der Waals surface area (Å²) < 4.78 is 0. The molecular formula is C14H22N4O2. The van der Waals surface area contributed by atoms with E-state index >= 15 is 0 Å². The van der Waals surface area contributed by atoms with Crippen LogP contribution in [0.2, 0.25) is 0 Å². The second-order valence-corrected chi connectivity index (χ2v) is 5.56. The highest BCUT2D eigenvalue weighted by molar-refractivity contribution is 5.84. The molecule has 0 bridgehead atoms. The van der Waals surface area contributed by atoms with Crippen molar-refractivity contribution in [3.63, 3.8) is 0 Å². The van der Waals surface area contributed by atoms with Crippen molar-refractivity contribution in [1.29, 1.82) is 0 Å². The lowest BCUT2D eigenvalue weighted by molar-refractivity contribution is 0.0690. The molecule has 0 radical (unpaired) electrons. The maximum absolute atomic E-state index is 10.7. The molecule has 0 saturated carbocycles. The Morgan fingerprint density at radius 2 is 2.35 bits per heavy atom. The molecule has 2 N–H and O–H groups in total. The predicted molar refractivity (Wildman–Crippen MR) is 76.9 cm³/mol. The Hall–Kier alpha value is -1.69. The van der Waals surface area contributed by atoms with Gasteiger partial charge in [-0.15, -0.1) is 0 Å². The summed E-state index contributed by atoms with van der Waals surface area (Å²) >= 11 is 0. The van der Waals surface area contributed by atoms with Crippen LogP contribution in [0, 0.1) is 5.92 Å². The van der Waals surface area contributed by atoms with Gasteiger partial charge < -0.3 is 10.4 Å². The van der Waals surface area contributed by atoms with Crippen molar-refractivity contribution in [2.75, 3.05) is 25.0 Å². The summed E-state index contributed by atoms with van der Waals surface area (Å²) in [6.45, 7) is 7.57. The molecule has 2 rings (SSSR count). The van der Waals surface area contributed by atoms with Crippen LogP contribution in [0.25, 0.3) is 0 Å². The zero-order valence-electron chi connectivity index (χ0n) is 12.0. The summed E-state index contributed by atoms with van der Waals surface area (Å²) in [5.41, 5.74) is -0.0338. The summed E-state index contributed by atoms with van der Waals surface area (Å²) in [6.07, 6.45) is 5.32. The number of carboxylic acids is 1. The van der Waals surface area contributed by atoms with Crippen LogP contribution in [0.4, 0.5) is 5.82 Å². The zero-order valence-corrected chi connectivity index (χ0v) is 12.0. The first kappa shape index (κ1) is 14.7. The van der Waals surface area contributed by atoms with Gasteiger partial charge in [0.1, 0.15) is 5.82 Å². The lowest BCUT2D eigenvalue weighted by atomic mass is 9.99. The number of likely N-dealkylation sites (tertiary alicyclic amines) is 1. The van der Waals surface area contributed by atoms with Crippen LogP contribution < -0.4 is 5.32 Å². The van der Waals surface area contributed by atoms with E-state index in [2.05, 4.69) is 34.0 Å². The van der Waals surface area contributed by atoms with Gasteiger partial charge in [0.15, 0.2) is 5.69 Å². The first-order valence-corrected chi connectivity index (χ1v) is 7.09. The third kappa shape index (κ3) is 3.90. The van der Waals surface area contributed by atoms with E-state index in [1.807, 2.05) is 0 Å². The third-order valence-corrected chi connectivity index (χ3v) is 3.76. The Bertz CT molecular complexity index is 449. The molecule has 0 amide bonds. The Balaban J connectivity index is 1.83. The first-order valence-electron chi connectivity index (χ1n) is 7.09. The number of carbonyl (C=O) groups is 1. The molecular weight excluding hydrogens is 256 g/mol. The van der Waals surface area contributed by atoms with Gasteiger partial charge in [0.25, 0.3) is 0 Å². The number of nitrogens with one attached hydrogen (secondary N) is 1. The van der Waals surface area contributed by atoms with Gasteiger partial charge in [-0.25, -0.2) is 14.8 Å². The largest absolute Gasteiger partial charge is 0.476 e. The number of hydrogen-bond acceptors (Lipinski definition) is 5. The van der Waals surface area contributed by atoms with Crippen LogP contribution >= 0.6 is 0 Å². The monoisotopic (exact) mass is 278 g/mol. The minimum Gasteiger partial charge on any atom is -0.476 e. The van der Waals surface area contributed by atoms with E-state index in [0.717, 1.165) is 25.6 Å². The molecule has 6 nitrogen and oxygen atoms in total. The van der Waals surface area contributed by atoms with Crippen molar-refractivity contribution in [1.82, 2.24) is 14.9 Å². The summed E-state index contributed by atoms with van der Waals surface area (Å²) in [4.78, 5) is 21.1. The normalized spacial score (nSPS) is 21.4. The highest BCUT2D eigenvalue weighted by atomic mass is 16.4. The molecule has 2 atom stereocenters. The Morgan fingerprint density at radius 1 is 1.55 bits per heavy atom. The van der Waals surface area contributed by atoms with Crippen molar-refractivity contribution >= 4 is 11.8 Å². The quantitative estimate of drug-likeness (QED) is 0.853. The van der Waals surface area contributed by atoms with Gasteiger partial charge in [-0.05, 0) is 32.2 Å². The number of rotatable bonds is 5. The molecule has 0 aromatic carbocycles. The van der Waals surface area contributed by atoms with E-state index < -0.39 is 5.97 Å². The molecule has 2 heterocycles. The lowest BCUT2D eigenvalue weighted by Crippen LogP contribution is -2.43. The molecule has 1 aromatic heterocycles. The number of hydrogen-bond donors (Lipinski definition) is 2. The summed E-state index contributed by atoms with van der Waals surface area (Å²) in [6, 6.07) is 0.429. The Kier molecular flexibility index (Phi) is 4.89. The van der Waals surface area contributed by atoms with Gasteiger partial charge in [-0.1, -0.05) is 6.92 Å². The van der Waals surface area contributed by atoms with Gasteiger partial charge in [0, 0.05) is 19.1 Å². The number of aromatic carboxylic acids is 1. The third-order valence-electron chi connectivity index (χ3n) is 3.76. The maximum atomic E-state index is 10.7. The average molecular weight is 278 g/mol. The first-order chi connectivity index (χ1) is 9.56. The van der Waals surface area contributed by atoms with E-state index in [-0.39, 0.29) is 5.69 Å². The van der Waals surface area contributed by atoms with Crippen LogP contribution in [0.1, 0.15) is 37.2 Å². The standard InChI is InChI=1S/C14H22N4O2/c1-10-4-3-5-18(9-10)11(2)6-16-13-8-15-12(7-17-13)14(19)20/h7-8,10-11H,3-6,9H2,1-2H3,(H,16,17)(H,19,20). The number of nitrogens with zero attached hydrogens (tertiary/aromatic N) is 3. The van der Waals surface area contributed by atoms with Crippen molar-refractivity contribution in [2.45, 2.75) is 32.7 Å². The second kappa shape index (κ2) is 6.65. The number of carboxylic acid groups (broad SMARTS) is 1. The van der Waals surface area contributed by atoms with E-state index in [1.54, 1.807) is 0 Å². The maximum Gasteiger partial charge on any atom is 0.356 e. The van der Waals surface area contributed by atoms with Gasteiger partial charge in [-0.2, -0.15) is 0 Å². The van der Waals surface area contributed by atoms with Crippen LogP contribution in [-0.2, 0) is 0 Å². The van der Waals surface area contributed by atoms with Gasteiger partial charge in [0.2, 0.25) is 0 Å². The molecule has 1 saturated heterocycles. The van der Waals surface area contributed by atoms with Crippen molar-refractivity contribution in [2.24, 2.45) is 5.92 Å². The molecule has 1 aliphatic heterocycles. The molecule has 1 aromatic rings. The van der Waals surface area contributed by atoms with E-state index in [0.29, 0.717) is 11.9 Å². The fourth-order valence-corrected chi connectivity index (χ4v) is 2.54. The average Bonchev–Trinajstić information content (AvgIpc) is 2.45. The molecule has 0 spiro atoms. The predicted octanol–water partition coefficient (Wildman–Crippen LogP) is 1.71. The molecule has 0 aliphatic carbocycles. The van der Waals surface area contributed by atoms with Crippen molar-refractivity contribution in [3.05, 3.63) is 18.1 Å². The molecule has 2 unspecified atom stereocenters. The van der Waals surface area contributed by atoms with E-state index in [1.165, 1.54) is 25.2 Å². The van der Waals surface area contributed by atoms with Crippen molar-refractivity contribution < 1.29 is 9.90 Å². The van der Waals surface area contributed by atoms with Crippen LogP contribution in [0.3, 0.4) is 0 Å². The van der Waals surface area contributed by atoms with Crippen LogP contribution in [0.15, 0.2) is 12.4 Å². The minimum atomic E-state index is -1.06. The molecule has 20 heavy (non-hydrogen) atoms. The number of aromatic nitrogens is 2. The smallest absolute Gasteiger partial charge is 0.356 e. The van der Waals surface area contributed by atoms with Crippen LogP contribution in [0.5, 0.6) is 0 Å². The SMILES string of the molecule is CC1CCCN(C(C)CNc2cnc(C(=O)O)cn2)C1. The Labute approximate surface area is 119 Å². The highest BCUT2D eigenvalue weighted by Gasteiger charge is 2.20. The minimum absolute atomic E-state index is 0.0338. The van der Waals surface area contributed by atoms with Crippen molar-refractivity contribution in [3.8, 4) is 0 Å². The van der Waals surface area contributed by atoms with Gasteiger partial charge in [0.05, 0.1) is 12.4 Å². The fraction of sp³-hybridized carbons (Fsp3) is 0.643. The fourth-order valence-electron chi connectivity index (χ4n) is 2.54. The summed E-state index contributed by atoms with van der Waals surface area (Å²) in [5.74, 6) is 0.326. The summed E-state index contributed by atoms with van der Waals surface area (Å²) in [5, 5.41) is 12.0. The summed E-state index contributed by atoms with van der Waals surface area (Å²) in [7, 11) is 0. The van der Waals surface area contributed by atoms with E-state index in [9.17, 15) is 4.79 Å². The topological polar surface area (TPSA) is 78.4 Å². The van der Waals surface area contributed by atoms with Crippen LogP contribution in [-0.4, -0.2) is 51.6 Å². The van der Waals surface area contributed by atoms with Gasteiger partial charge >= 0.3 is 5.97 Å². The lowest BCUT2D eigenvalue weighted by Gasteiger charge is -2.35. The second-order valence-electron chi connectivity index (χ2n) is 5.56. The van der Waals surface area contributed by atoms with E-state index in [4.69, 9.17) is 5.11 Å². The highest BCUT2D eigenvalue weighted by Crippen LogP contribution is 2.17. The molecule has 110 valence electrons. The molecule has 1 fully saturated rings. The zero-order chi connectivity index (χ0) is 14.5. The number of piperidine rings is 1. The molecule has 6 heteroatoms. The molecule has 1 aliphatic rings. The van der Waals surface area contributed by atoms with Gasteiger partial charge in [-0.3, -0.25) is 4.90 Å². The number of anilines is 1. The Morgan fingerprint density at radius 3 is 2.95 bits per heavy atom.